The van der Waals surface area contributed by atoms with E-state index in [4.69, 9.17) is 14.6 Å². The first kappa shape index (κ1) is 63.7. The molecule has 8 atom stereocenters. The summed E-state index contributed by atoms with van der Waals surface area (Å²) >= 11 is 0. The number of carbonyl (C=O) groups is 11. The highest BCUT2D eigenvalue weighted by Crippen LogP contribution is 2.32. The lowest BCUT2D eigenvalue weighted by Gasteiger charge is -2.41. The van der Waals surface area contributed by atoms with Gasteiger partial charge < -0.3 is 39.7 Å². The summed E-state index contributed by atoms with van der Waals surface area (Å²) < 4.78 is 11.9. The molecular weight excluding hydrogens is 985 g/mol. The molecule has 3 aliphatic rings. The molecule has 1 fully saturated rings. The van der Waals surface area contributed by atoms with Gasteiger partial charge in [0.2, 0.25) is 23.6 Å². The van der Waals surface area contributed by atoms with Crippen molar-refractivity contribution < 1.29 is 72.4 Å². The third kappa shape index (κ3) is 17.2. The van der Waals surface area contributed by atoms with Crippen molar-refractivity contribution in [1.82, 2.24) is 29.8 Å². The lowest BCUT2D eigenvalue weighted by atomic mass is 9.82. The molecule has 76 heavy (non-hydrogen) atoms. The Bertz CT molecular complexity index is 2280. The highest BCUT2D eigenvalue weighted by atomic mass is 16.5. The quantitative estimate of drug-likeness (QED) is 0.0966. The second-order valence-electron chi connectivity index (χ2n) is 20.6. The van der Waals surface area contributed by atoms with Crippen LogP contribution in [-0.2, 0) is 68.6 Å². The first-order valence-electron chi connectivity index (χ1n) is 26.0. The van der Waals surface area contributed by atoms with Crippen molar-refractivity contribution in [1.29, 1.82) is 0 Å². The van der Waals surface area contributed by atoms with Crippen LogP contribution < -0.4 is 5.32 Å². The molecule has 0 aromatic heterocycles. The summed E-state index contributed by atoms with van der Waals surface area (Å²) in [6.07, 6.45) is 5.57. The predicted octanol–water partition coefficient (Wildman–Crippen LogP) is 3.67. The molecule has 0 radical (unpaired) electrons. The van der Waals surface area contributed by atoms with Crippen LogP contribution in [0.2, 0.25) is 0 Å². The van der Waals surface area contributed by atoms with Gasteiger partial charge in [-0.25, -0.2) is 4.79 Å². The van der Waals surface area contributed by atoms with Gasteiger partial charge in [-0.15, -0.1) is 0 Å². The molecule has 420 valence electrons. The van der Waals surface area contributed by atoms with E-state index in [0.29, 0.717) is 32.2 Å². The Kier molecular flexibility index (Phi) is 24.8. The number of benzene rings is 1. The molecule has 3 N–H and O–H groups in total. The summed E-state index contributed by atoms with van der Waals surface area (Å²) in [6.45, 7) is 13.3. The average Bonchev–Trinajstić information content (AvgIpc) is 4.09. The van der Waals surface area contributed by atoms with Gasteiger partial charge >= 0.3 is 11.9 Å². The zero-order valence-electron chi connectivity index (χ0n) is 46.0. The van der Waals surface area contributed by atoms with Gasteiger partial charge in [-0.3, -0.25) is 57.7 Å². The second-order valence-corrected chi connectivity index (χ2v) is 20.6. The van der Waals surface area contributed by atoms with E-state index < -0.39 is 77.4 Å². The fourth-order valence-corrected chi connectivity index (χ4v) is 9.72. The van der Waals surface area contributed by atoms with Gasteiger partial charge in [0.05, 0.1) is 42.2 Å². The number of imide groups is 2. The third-order valence-electron chi connectivity index (χ3n) is 14.9. The Balaban J connectivity index is 0.00000102. The number of nitrogens with zero attached hydrogens (tertiary/aromatic N) is 5. The van der Waals surface area contributed by atoms with Crippen LogP contribution in [0.3, 0.4) is 0 Å². The molecule has 0 aliphatic carbocycles. The van der Waals surface area contributed by atoms with Gasteiger partial charge in [0, 0.05) is 104 Å². The summed E-state index contributed by atoms with van der Waals surface area (Å²) in [7, 11) is 6.18. The zero-order chi connectivity index (χ0) is 57.2. The first-order valence-corrected chi connectivity index (χ1v) is 26.0. The van der Waals surface area contributed by atoms with E-state index >= 15 is 0 Å². The minimum atomic E-state index is -1.27. The fourth-order valence-electron chi connectivity index (χ4n) is 9.72. The molecule has 0 unspecified atom stereocenters. The van der Waals surface area contributed by atoms with Crippen molar-refractivity contribution in [3.63, 3.8) is 0 Å². The number of methoxy groups -OCH3 is 2. The molecule has 3 heterocycles. The van der Waals surface area contributed by atoms with Crippen LogP contribution >= 0.6 is 0 Å². The number of carboxylic acid groups (broad SMARTS) is 2. The Labute approximate surface area is 446 Å². The maximum Gasteiger partial charge on any atom is 0.326 e. The lowest BCUT2D eigenvalue weighted by molar-refractivity contribution is -0.150. The number of likely N-dealkylation sites (tertiary alicyclic amines) is 1. The van der Waals surface area contributed by atoms with Crippen LogP contribution in [0.25, 0.3) is 0 Å². The van der Waals surface area contributed by atoms with Crippen LogP contribution in [-0.4, -0.2) is 184 Å². The average molecular weight is 1070 g/mol. The van der Waals surface area contributed by atoms with E-state index in [1.54, 1.807) is 61.9 Å². The molecule has 0 spiro atoms. The van der Waals surface area contributed by atoms with Gasteiger partial charge in [-0.2, -0.15) is 0 Å². The maximum atomic E-state index is 14.5. The Morgan fingerprint density at radius 1 is 0.789 bits per heavy atom. The minimum Gasteiger partial charge on any atom is -0.481 e. The Morgan fingerprint density at radius 3 is 1.80 bits per heavy atom. The van der Waals surface area contributed by atoms with Gasteiger partial charge in [-0.1, -0.05) is 71.4 Å². The molecule has 8 amide bonds. The molecule has 3 aliphatic heterocycles. The van der Waals surface area contributed by atoms with Crippen LogP contribution in [0.5, 0.6) is 0 Å². The topological polar surface area (TPSA) is 275 Å². The van der Waals surface area contributed by atoms with Crippen molar-refractivity contribution in [2.75, 3.05) is 47.9 Å². The largest absolute Gasteiger partial charge is 0.481 e. The third-order valence-corrected chi connectivity index (χ3v) is 14.9. The van der Waals surface area contributed by atoms with Crippen molar-refractivity contribution in [3.8, 4) is 0 Å². The van der Waals surface area contributed by atoms with Crippen LogP contribution in [0, 0.1) is 23.7 Å². The van der Waals surface area contributed by atoms with Crippen molar-refractivity contribution in [3.05, 3.63) is 60.2 Å². The first-order chi connectivity index (χ1) is 35.7. The maximum absolute atomic E-state index is 14.5. The number of carboxylic acids is 2. The highest BCUT2D eigenvalue weighted by Gasteiger charge is 2.44. The summed E-state index contributed by atoms with van der Waals surface area (Å²) in [5.74, 6) is -7.27. The molecule has 1 saturated heterocycles. The number of rotatable bonds is 29. The van der Waals surface area contributed by atoms with Crippen molar-refractivity contribution in [2.45, 2.75) is 149 Å². The summed E-state index contributed by atoms with van der Waals surface area (Å²) in [5, 5.41) is 20.9. The smallest absolute Gasteiger partial charge is 0.326 e. The number of ether oxygens (including phenoxy) is 2. The highest BCUT2D eigenvalue weighted by molar-refractivity contribution is 6.13. The van der Waals surface area contributed by atoms with E-state index in [2.05, 4.69) is 5.32 Å². The van der Waals surface area contributed by atoms with E-state index in [-0.39, 0.29) is 98.8 Å². The molecule has 1 aromatic carbocycles. The number of hydrogen-bond acceptors (Lipinski definition) is 13. The van der Waals surface area contributed by atoms with Crippen LogP contribution in [0.15, 0.2) is 54.6 Å². The number of carbonyl (C=O) groups excluding carboxylic acids is 9. The number of hydrogen-bond donors (Lipinski definition) is 3. The van der Waals surface area contributed by atoms with Gasteiger partial charge in [0.15, 0.2) is 5.78 Å². The Morgan fingerprint density at radius 2 is 1.33 bits per heavy atom. The normalized spacial score (nSPS) is 18.2. The van der Waals surface area contributed by atoms with Gasteiger partial charge in [0.25, 0.3) is 23.6 Å². The van der Waals surface area contributed by atoms with E-state index in [1.807, 2.05) is 33.8 Å². The fraction of sp³-hybridized carbons (Fsp3) is 0.618. The number of amides is 8. The summed E-state index contributed by atoms with van der Waals surface area (Å²) in [5.41, 5.74) is -0.509. The Hall–Kier alpha value is -6.61. The second kappa shape index (κ2) is 29.6. The molecule has 21 nitrogen and oxygen atoms in total. The van der Waals surface area contributed by atoms with Crippen LogP contribution in [0.1, 0.15) is 112 Å². The number of likely N-dealkylation sites (N-methyl/N-ethyl adjacent to an activating group) is 2. The molecule has 4 rings (SSSR count). The number of nitrogens with one attached hydrogen (secondary N) is 1. The standard InChI is InChI=1S/C47H71N5O11.C8H9NO4/c1-12-30(4)42(49(8)45(59)33(29(2)3)27-37(53)47(6,7)50(9)38(54)21-17-25-52-39(55)22-23-40(52)56)36(62-10)28-41(57)51-24-16-20-35(51)43(63-11)31(5)44(58)48-34(46(60)61)26-32-18-14-13-15-19-32;10-6-3-4-7(11)9(6)5-1-2-8(12)13/h13-15,18-19,22-23,29-31,33-36,42-43H,12,16-17,20-21,24-28H2,1-11H3,(H,48,58)(H,60,61);3-4H,1-2,5H2,(H,12,13)/t30-,31+,33-,34-,35-,36+,42-,43+;/m0./s1. The van der Waals surface area contributed by atoms with Crippen molar-refractivity contribution >= 4 is 65.0 Å². The molecule has 0 saturated carbocycles. The van der Waals surface area contributed by atoms with E-state index in [0.717, 1.165) is 15.4 Å². The number of ketones is 1. The number of Topliss-reactive ketones (excluding diaryl/α,β-unsaturated/α-hetero) is 1. The molecular formula is C55H80N6O15. The van der Waals surface area contributed by atoms with Gasteiger partial charge in [0.1, 0.15) is 6.04 Å². The van der Waals surface area contributed by atoms with Gasteiger partial charge in [-0.05, 0) is 56.9 Å². The van der Waals surface area contributed by atoms with Crippen molar-refractivity contribution in [2.24, 2.45) is 23.7 Å². The SMILES string of the molecule is CC[C@H](C)[C@@H]([C@@H](CC(=O)N1CCC[C@H]1[C@H](OC)[C@@H](C)C(=O)N[C@@H](Cc1ccccc1)C(=O)O)OC)N(C)C(=O)[C@@H](CC(=O)C(C)(C)N(C)C(=O)CCCN1C(=O)C=CC1=O)C(C)C.O=C(O)CCCN1C(=O)C=CC1=O. The lowest BCUT2D eigenvalue weighted by Crippen LogP contribution is -2.55. The zero-order valence-corrected chi connectivity index (χ0v) is 46.0. The monoisotopic (exact) mass is 1060 g/mol. The minimum absolute atomic E-state index is 0.00826. The predicted molar refractivity (Wildman–Crippen MR) is 278 cm³/mol. The number of aliphatic carboxylic acids is 2. The molecule has 21 heteroatoms. The van der Waals surface area contributed by atoms with E-state index in [9.17, 15) is 57.8 Å². The summed E-state index contributed by atoms with van der Waals surface area (Å²) in [4.78, 5) is 144. The van der Waals surface area contributed by atoms with E-state index in [1.165, 1.54) is 50.5 Å². The summed E-state index contributed by atoms with van der Waals surface area (Å²) in [6, 6.07) is 6.83. The van der Waals surface area contributed by atoms with Crippen LogP contribution in [0.4, 0.5) is 0 Å². The molecule has 1 aromatic rings. The molecule has 0 bridgehead atoms.